The summed E-state index contributed by atoms with van der Waals surface area (Å²) < 4.78 is 28.5. The topological polar surface area (TPSA) is 81.2 Å². The zero-order chi connectivity index (χ0) is 19.0. The van der Waals surface area contributed by atoms with Crippen LogP contribution >= 0.6 is 0 Å². The van der Waals surface area contributed by atoms with Gasteiger partial charge in [0.15, 0.2) is 0 Å². The van der Waals surface area contributed by atoms with E-state index in [4.69, 9.17) is 0 Å². The molecule has 1 fully saturated rings. The summed E-state index contributed by atoms with van der Waals surface area (Å²) in [6, 6.07) is 7.10. The first-order chi connectivity index (χ1) is 13.0. The van der Waals surface area contributed by atoms with E-state index >= 15 is 0 Å². The Morgan fingerprint density at radius 2 is 1.96 bits per heavy atom. The molecule has 0 atom stereocenters. The largest absolute Gasteiger partial charge is 0.393 e. The number of anilines is 2. The van der Waals surface area contributed by atoms with Crippen LogP contribution in [-0.4, -0.2) is 40.4 Å². The van der Waals surface area contributed by atoms with E-state index in [1.807, 2.05) is 0 Å². The summed E-state index contributed by atoms with van der Waals surface area (Å²) in [6.07, 6.45) is 2.21. The maximum atomic E-state index is 14.3. The summed E-state index contributed by atoms with van der Waals surface area (Å²) in [5.41, 5.74) is 1.24. The number of halogens is 2. The molecule has 2 aromatic carbocycles. The predicted molar refractivity (Wildman–Crippen MR) is 97.9 cm³/mol. The van der Waals surface area contributed by atoms with E-state index in [9.17, 15) is 18.7 Å². The maximum Gasteiger partial charge on any atom is 0.258 e. The van der Waals surface area contributed by atoms with Gasteiger partial charge in [0.2, 0.25) is 0 Å². The molecule has 1 amide bonds. The lowest BCUT2D eigenvalue weighted by Gasteiger charge is -2.32. The number of amides is 1. The summed E-state index contributed by atoms with van der Waals surface area (Å²) in [7, 11) is 0. The van der Waals surface area contributed by atoms with Crippen LogP contribution in [0, 0.1) is 11.6 Å². The first-order valence-corrected chi connectivity index (χ1v) is 8.68. The Morgan fingerprint density at radius 3 is 2.74 bits per heavy atom. The number of carbonyl (C=O) groups excluding carboxylic acids is 1. The van der Waals surface area contributed by atoms with Crippen molar-refractivity contribution in [3.63, 3.8) is 0 Å². The highest BCUT2D eigenvalue weighted by atomic mass is 19.1. The summed E-state index contributed by atoms with van der Waals surface area (Å²) in [6.45, 7) is 0.893. The number of hydrogen-bond acceptors (Lipinski definition) is 4. The monoisotopic (exact) mass is 372 g/mol. The van der Waals surface area contributed by atoms with Gasteiger partial charge in [-0.1, -0.05) is 0 Å². The van der Waals surface area contributed by atoms with Gasteiger partial charge < -0.3 is 15.3 Å². The highest BCUT2D eigenvalue weighted by Crippen LogP contribution is 2.27. The fraction of sp³-hybridized carbons (Fsp3) is 0.263. The van der Waals surface area contributed by atoms with Gasteiger partial charge in [0, 0.05) is 30.2 Å². The number of H-pyrrole nitrogens is 1. The van der Waals surface area contributed by atoms with E-state index in [2.05, 4.69) is 15.5 Å². The number of aliphatic hydroxyl groups is 1. The van der Waals surface area contributed by atoms with Crippen molar-refractivity contribution in [3.8, 4) is 0 Å². The SMILES string of the molecule is O=C(Nc1ccc2[nH]ncc2c1)c1cc(N2CCC(O)CC2)c(F)cc1F. The van der Waals surface area contributed by atoms with Gasteiger partial charge in [-0.2, -0.15) is 5.10 Å². The zero-order valence-electron chi connectivity index (χ0n) is 14.4. The van der Waals surface area contributed by atoms with E-state index in [1.165, 1.54) is 6.07 Å². The molecule has 4 rings (SSSR count). The van der Waals surface area contributed by atoms with E-state index in [-0.39, 0.29) is 11.3 Å². The normalized spacial score (nSPS) is 15.3. The summed E-state index contributed by atoms with van der Waals surface area (Å²) in [4.78, 5) is 14.3. The molecule has 1 aromatic heterocycles. The van der Waals surface area contributed by atoms with Crippen LogP contribution < -0.4 is 10.2 Å². The lowest BCUT2D eigenvalue weighted by Crippen LogP contribution is -2.36. The van der Waals surface area contributed by atoms with Gasteiger partial charge in [0.05, 0.1) is 29.1 Å². The van der Waals surface area contributed by atoms with Crippen LogP contribution in [0.5, 0.6) is 0 Å². The van der Waals surface area contributed by atoms with Crippen LogP contribution in [0.1, 0.15) is 23.2 Å². The number of carbonyl (C=O) groups is 1. The fourth-order valence-corrected chi connectivity index (χ4v) is 3.28. The number of piperidine rings is 1. The third-order valence-corrected chi connectivity index (χ3v) is 4.78. The Kier molecular flexibility index (Phi) is 4.49. The van der Waals surface area contributed by atoms with Crippen molar-refractivity contribution >= 4 is 28.2 Å². The average molecular weight is 372 g/mol. The van der Waals surface area contributed by atoms with E-state index in [0.29, 0.717) is 31.6 Å². The molecule has 1 aliphatic heterocycles. The second-order valence-electron chi connectivity index (χ2n) is 6.63. The van der Waals surface area contributed by atoms with Crippen LogP contribution in [0.25, 0.3) is 10.9 Å². The van der Waals surface area contributed by atoms with Gasteiger partial charge in [-0.25, -0.2) is 8.78 Å². The molecule has 0 bridgehead atoms. The molecule has 0 spiro atoms. The Hall–Kier alpha value is -3.00. The number of aromatic amines is 1. The molecule has 1 aliphatic rings. The highest BCUT2D eigenvalue weighted by Gasteiger charge is 2.23. The van der Waals surface area contributed by atoms with Crippen LogP contribution in [0.2, 0.25) is 0 Å². The van der Waals surface area contributed by atoms with Crippen LogP contribution in [-0.2, 0) is 0 Å². The number of nitrogens with zero attached hydrogens (tertiary/aromatic N) is 2. The Labute approximate surface area is 153 Å². The molecule has 1 saturated heterocycles. The molecule has 0 radical (unpaired) electrons. The van der Waals surface area contributed by atoms with Gasteiger partial charge in [-0.15, -0.1) is 0 Å². The van der Waals surface area contributed by atoms with Crippen LogP contribution in [0.15, 0.2) is 36.5 Å². The summed E-state index contributed by atoms with van der Waals surface area (Å²) in [5, 5.41) is 19.8. The molecule has 3 N–H and O–H groups in total. The molecule has 6 nitrogen and oxygen atoms in total. The Balaban J connectivity index is 1.59. The summed E-state index contributed by atoms with van der Waals surface area (Å²) >= 11 is 0. The minimum absolute atomic E-state index is 0.165. The van der Waals surface area contributed by atoms with E-state index in [1.54, 1.807) is 29.3 Å². The molecule has 2 heterocycles. The third-order valence-electron chi connectivity index (χ3n) is 4.78. The lowest BCUT2D eigenvalue weighted by molar-refractivity contribution is 0.102. The van der Waals surface area contributed by atoms with Crippen molar-refractivity contribution in [2.24, 2.45) is 0 Å². The van der Waals surface area contributed by atoms with Crippen molar-refractivity contribution < 1.29 is 18.7 Å². The van der Waals surface area contributed by atoms with Crippen molar-refractivity contribution in [2.75, 3.05) is 23.3 Å². The van der Waals surface area contributed by atoms with Gasteiger partial charge in [-0.05, 0) is 37.1 Å². The van der Waals surface area contributed by atoms with Gasteiger partial charge in [-0.3, -0.25) is 9.89 Å². The molecule has 8 heteroatoms. The van der Waals surface area contributed by atoms with Crippen molar-refractivity contribution in [1.29, 1.82) is 0 Å². The molecule has 27 heavy (non-hydrogen) atoms. The quantitative estimate of drug-likeness (QED) is 0.660. The predicted octanol–water partition coefficient (Wildman–Crippen LogP) is 3.05. The lowest BCUT2D eigenvalue weighted by atomic mass is 10.1. The zero-order valence-corrected chi connectivity index (χ0v) is 14.4. The smallest absolute Gasteiger partial charge is 0.258 e. The van der Waals surface area contributed by atoms with Gasteiger partial charge in [0.1, 0.15) is 11.6 Å². The van der Waals surface area contributed by atoms with Crippen molar-refractivity contribution in [2.45, 2.75) is 18.9 Å². The van der Waals surface area contributed by atoms with E-state index in [0.717, 1.165) is 17.0 Å². The first-order valence-electron chi connectivity index (χ1n) is 8.68. The van der Waals surface area contributed by atoms with Crippen molar-refractivity contribution in [1.82, 2.24) is 10.2 Å². The van der Waals surface area contributed by atoms with Crippen LogP contribution in [0.3, 0.4) is 0 Å². The van der Waals surface area contributed by atoms with Gasteiger partial charge in [0.25, 0.3) is 5.91 Å². The molecule has 0 saturated carbocycles. The standard InChI is InChI=1S/C19H18F2N4O2/c20-15-9-16(21)18(25-5-3-13(26)4-6-25)8-14(15)19(27)23-12-1-2-17-11(7-12)10-22-24-17/h1-2,7-10,13,26H,3-6H2,(H,22,24)(H,23,27). The minimum atomic E-state index is -0.921. The third kappa shape index (κ3) is 3.48. The fourth-order valence-electron chi connectivity index (χ4n) is 3.28. The second-order valence-corrected chi connectivity index (χ2v) is 6.63. The van der Waals surface area contributed by atoms with Gasteiger partial charge >= 0.3 is 0 Å². The van der Waals surface area contributed by atoms with Crippen molar-refractivity contribution in [3.05, 3.63) is 53.7 Å². The number of aliphatic hydroxyl groups excluding tert-OH is 1. The molecular weight excluding hydrogens is 354 g/mol. The number of benzene rings is 2. The molecular formula is C19H18F2N4O2. The molecule has 0 unspecified atom stereocenters. The molecule has 0 aliphatic carbocycles. The highest BCUT2D eigenvalue weighted by molar-refractivity contribution is 6.05. The number of fused-ring (bicyclic) bond motifs is 1. The number of aromatic nitrogens is 2. The Morgan fingerprint density at radius 1 is 1.19 bits per heavy atom. The average Bonchev–Trinajstić information content (AvgIpc) is 3.10. The second kappa shape index (κ2) is 6.96. The number of nitrogens with one attached hydrogen (secondary N) is 2. The summed E-state index contributed by atoms with van der Waals surface area (Å²) in [5.74, 6) is -2.30. The molecule has 3 aromatic rings. The van der Waals surface area contributed by atoms with E-state index < -0.39 is 23.6 Å². The van der Waals surface area contributed by atoms with Crippen LogP contribution in [0.4, 0.5) is 20.2 Å². The minimum Gasteiger partial charge on any atom is -0.393 e. The maximum absolute atomic E-state index is 14.3. The number of hydrogen-bond donors (Lipinski definition) is 3. The Bertz CT molecular complexity index is 997. The first kappa shape index (κ1) is 17.4. The number of rotatable bonds is 3. The molecule has 140 valence electrons.